The highest BCUT2D eigenvalue weighted by atomic mass is 19.3. The molecule has 6 nitrogen and oxygen atoms in total. The Hall–Kier alpha value is -3.36. The number of hydrogen-bond donors (Lipinski definition) is 2. The molecule has 2 aromatic carbocycles. The molecule has 4 rings (SSSR count). The summed E-state index contributed by atoms with van der Waals surface area (Å²) < 4.78 is 39.3. The average molecular weight is 444 g/mol. The smallest absolute Gasteiger partial charge is 0.295 e. The minimum absolute atomic E-state index is 0.0909. The molecule has 0 bridgehead atoms. The van der Waals surface area contributed by atoms with Gasteiger partial charge in [0.2, 0.25) is 5.91 Å². The van der Waals surface area contributed by atoms with Crippen LogP contribution in [0.2, 0.25) is 0 Å². The summed E-state index contributed by atoms with van der Waals surface area (Å²) in [6.07, 6.45) is -1.24. The minimum Gasteiger partial charge on any atom is -0.356 e. The summed E-state index contributed by atoms with van der Waals surface area (Å²) in [6, 6.07) is 11.1. The number of likely N-dealkylation sites (tertiary alicyclic amines) is 1. The summed E-state index contributed by atoms with van der Waals surface area (Å²) in [7, 11) is 0. The van der Waals surface area contributed by atoms with E-state index in [9.17, 15) is 22.8 Å². The summed E-state index contributed by atoms with van der Waals surface area (Å²) in [5, 5.41) is 2.85. The molecule has 168 valence electrons. The molecule has 9 heteroatoms. The molecule has 1 aromatic heterocycles. The largest absolute Gasteiger partial charge is 0.356 e. The van der Waals surface area contributed by atoms with Crippen LogP contribution < -0.4 is 5.32 Å². The van der Waals surface area contributed by atoms with Gasteiger partial charge in [0.05, 0.1) is 11.0 Å². The minimum atomic E-state index is -2.71. The molecule has 0 aliphatic carbocycles. The second-order valence-corrected chi connectivity index (χ2v) is 7.85. The molecular weight excluding hydrogens is 421 g/mol. The van der Waals surface area contributed by atoms with Crippen LogP contribution in [0.3, 0.4) is 0 Å². The monoisotopic (exact) mass is 444 g/mol. The fourth-order valence-corrected chi connectivity index (χ4v) is 3.96. The first kappa shape index (κ1) is 21.9. The van der Waals surface area contributed by atoms with Gasteiger partial charge >= 0.3 is 0 Å². The highest BCUT2D eigenvalue weighted by molar-refractivity contribution is 5.97. The molecule has 2 amide bonds. The Morgan fingerprint density at radius 1 is 1.16 bits per heavy atom. The van der Waals surface area contributed by atoms with Crippen LogP contribution in [0.4, 0.5) is 13.2 Å². The Kier molecular flexibility index (Phi) is 6.43. The first-order valence-corrected chi connectivity index (χ1v) is 10.5. The third kappa shape index (κ3) is 4.76. The van der Waals surface area contributed by atoms with E-state index in [0.717, 1.165) is 0 Å². The van der Waals surface area contributed by atoms with Crippen molar-refractivity contribution in [3.8, 4) is 0 Å². The van der Waals surface area contributed by atoms with E-state index < -0.39 is 12.2 Å². The summed E-state index contributed by atoms with van der Waals surface area (Å²) >= 11 is 0. The van der Waals surface area contributed by atoms with Gasteiger partial charge in [-0.3, -0.25) is 9.59 Å². The standard InChI is InChI=1S/C23H23F3N4O2/c24-17-4-2-1-3-14(17)7-10-27-22(31)15-8-11-30(12-9-15)23(32)16-5-6-18-19(13-16)29-21(28-18)20(25)26/h1-6,13,15,20H,7-12H2,(H,27,31)(H,28,29). The van der Waals surface area contributed by atoms with Crippen LogP contribution in [0.1, 0.15) is 41.0 Å². The number of halogens is 3. The number of aromatic amines is 1. The lowest BCUT2D eigenvalue weighted by Crippen LogP contribution is -2.43. The van der Waals surface area contributed by atoms with Gasteiger partial charge in [-0.05, 0) is 49.1 Å². The Bertz CT molecular complexity index is 1120. The summed E-state index contributed by atoms with van der Waals surface area (Å²) in [4.78, 5) is 33.3. The van der Waals surface area contributed by atoms with Crippen molar-refractivity contribution in [1.82, 2.24) is 20.2 Å². The number of piperidine rings is 1. The summed E-state index contributed by atoms with van der Waals surface area (Å²) in [5.41, 5.74) is 1.70. The molecule has 0 unspecified atom stereocenters. The second-order valence-electron chi connectivity index (χ2n) is 7.85. The van der Waals surface area contributed by atoms with Gasteiger partial charge in [-0.1, -0.05) is 18.2 Å². The number of nitrogens with one attached hydrogen (secondary N) is 2. The number of amides is 2. The zero-order chi connectivity index (χ0) is 22.7. The Morgan fingerprint density at radius 2 is 1.91 bits per heavy atom. The molecule has 3 aromatic rings. The van der Waals surface area contributed by atoms with Crippen molar-refractivity contribution < 1.29 is 22.8 Å². The van der Waals surface area contributed by atoms with Gasteiger partial charge in [0.15, 0.2) is 5.82 Å². The summed E-state index contributed by atoms with van der Waals surface area (Å²) in [6.45, 7) is 1.20. The van der Waals surface area contributed by atoms with Crippen molar-refractivity contribution in [2.75, 3.05) is 19.6 Å². The van der Waals surface area contributed by atoms with Crippen molar-refractivity contribution in [3.63, 3.8) is 0 Å². The lowest BCUT2D eigenvalue weighted by Gasteiger charge is -2.31. The van der Waals surface area contributed by atoms with E-state index in [2.05, 4.69) is 15.3 Å². The van der Waals surface area contributed by atoms with Crippen LogP contribution >= 0.6 is 0 Å². The molecule has 2 N–H and O–H groups in total. The van der Waals surface area contributed by atoms with Gasteiger partial charge in [-0.25, -0.2) is 18.2 Å². The van der Waals surface area contributed by atoms with E-state index in [1.807, 2.05) is 0 Å². The SMILES string of the molecule is O=C(NCCc1ccccc1F)C1CCN(C(=O)c2ccc3nc(C(F)F)[nH]c3c2)CC1. The third-order valence-corrected chi connectivity index (χ3v) is 5.76. The normalized spacial score (nSPS) is 14.8. The fraction of sp³-hybridized carbons (Fsp3) is 0.348. The molecule has 0 atom stereocenters. The molecule has 0 spiro atoms. The Labute approximate surface area is 182 Å². The number of fused-ring (bicyclic) bond motifs is 1. The van der Waals surface area contributed by atoms with Crippen LogP contribution in [0.15, 0.2) is 42.5 Å². The maximum Gasteiger partial charge on any atom is 0.295 e. The van der Waals surface area contributed by atoms with Gasteiger partial charge in [0, 0.05) is 31.1 Å². The number of carbonyl (C=O) groups excluding carboxylic acids is 2. The summed E-state index contributed by atoms with van der Waals surface area (Å²) in [5.74, 6) is -1.22. The van der Waals surface area contributed by atoms with Crippen LogP contribution in [0.5, 0.6) is 0 Å². The zero-order valence-electron chi connectivity index (χ0n) is 17.3. The number of rotatable bonds is 6. The number of imidazole rings is 1. The molecule has 1 aliphatic heterocycles. The molecular formula is C23H23F3N4O2. The molecule has 32 heavy (non-hydrogen) atoms. The van der Waals surface area contributed by atoms with E-state index in [-0.39, 0.29) is 23.5 Å². The van der Waals surface area contributed by atoms with Crippen molar-refractivity contribution in [1.29, 1.82) is 0 Å². The molecule has 1 saturated heterocycles. The molecule has 2 heterocycles. The zero-order valence-corrected chi connectivity index (χ0v) is 17.3. The van der Waals surface area contributed by atoms with E-state index in [0.29, 0.717) is 61.1 Å². The molecule has 0 saturated carbocycles. The number of nitrogens with zero attached hydrogens (tertiary/aromatic N) is 2. The average Bonchev–Trinajstić information content (AvgIpc) is 3.24. The first-order valence-electron chi connectivity index (χ1n) is 10.5. The van der Waals surface area contributed by atoms with Gasteiger partial charge in [-0.2, -0.15) is 0 Å². The Balaban J connectivity index is 1.29. The van der Waals surface area contributed by atoms with E-state index >= 15 is 0 Å². The number of H-pyrrole nitrogens is 1. The number of carbonyl (C=O) groups is 2. The van der Waals surface area contributed by atoms with Crippen LogP contribution in [0, 0.1) is 11.7 Å². The van der Waals surface area contributed by atoms with Gasteiger partial charge in [0.1, 0.15) is 5.82 Å². The van der Waals surface area contributed by atoms with E-state index in [1.165, 1.54) is 12.1 Å². The van der Waals surface area contributed by atoms with E-state index in [1.54, 1.807) is 35.2 Å². The highest BCUT2D eigenvalue weighted by Gasteiger charge is 2.28. The predicted octanol–water partition coefficient (Wildman–Crippen LogP) is 3.85. The predicted molar refractivity (Wildman–Crippen MR) is 113 cm³/mol. The maximum absolute atomic E-state index is 13.7. The number of hydrogen-bond acceptors (Lipinski definition) is 3. The van der Waals surface area contributed by atoms with Gasteiger partial charge in [-0.15, -0.1) is 0 Å². The molecule has 1 aliphatic rings. The van der Waals surface area contributed by atoms with Crippen LogP contribution in [-0.2, 0) is 11.2 Å². The van der Waals surface area contributed by atoms with Crippen molar-refractivity contribution in [2.24, 2.45) is 5.92 Å². The van der Waals surface area contributed by atoms with Gasteiger partial charge < -0.3 is 15.2 Å². The van der Waals surface area contributed by atoms with Crippen LogP contribution in [0.25, 0.3) is 11.0 Å². The van der Waals surface area contributed by atoms with Gasteiger partial charge in [0.25, 0.3) is 12.3 Å². The topological polar surface area (TPSA) is 78.1 Å². The number of aromatic nitrogens is 2. The van der Waals surface area contributed by atoms with Crippen molar-refractivity contribution in [2.45, 2.75) is 25.7 Å². The van der Waals surface area contributed by atoms with E-state index in [4.69, 9.17) is 0 Å². The third-order valence-electron chi connectivity index (χ3n) is 5.76. The first-order chi connectivity index (χ1) is 15.4. The van der Waals surface area contributed by atoms with Crippen molar-refractivity contribution in [3.05, 3.63) is 65.2 Å². The van der Waals surface area contributed by atoms with Crippen molar-refractivity contribution >= 4 is 22.8 Å². The lowest BCUT2D eigenvalue weighted by molar-refractivity contribution is -0.126. The lowest BCUT2D eigenvalue weighted by atomic mass is 9.95. The van der Waals surface area contributed by atoms with Crippen LogP contribution in [-0.4, -0.2) is 46.3 Å². The number of benzene rings is 2. The quantitative estimate of drug-likeness (QED) is 0.606. The highest BCUT2D eigenvalue weighted by Crippen LogP contribution is 2.23. The number of alkyl halides is 2. The second kappa shape index (κ2) is 9.42. The fourth-order valence-electron chi connectivity index (χ4n) is 3.96. The maximum atomic E-state index is 13.7. The Morgan fingerprint density at radius 3 is 2.62 bits per heavy atom. The molecule has 1 fully saturated rings. The molecule has 0 radical (unpaired) electrons.